The highest BCUT2D eigenvalue weighted by Gasteiger charge is 2.27. The first-order chi connectivity index (χ1) is 9.15. The molecule has 0 aromatic heterocycles. The molecule has 0 saturated heterocycles. The van der Waals surface area contributed by atoms with E-state index in [1.807, 2.05) is 49.4 Å². The fourth-order valence-corrected chi connectivity index (χ4v) is 2.44. The van der Waals surface area contributed by atoms with Crippen molar-refractivity contribution in [2.45, 2.75) is 6.92 Å². The number of carbonyl (C=O) groups excluding carboxylic acids is 1. The van der Waals surface area contributed by atoms with Crippen LogP contribution in [0.5, 0.6) is 5.75 Å². The third-order valence-electron chi connectivity index (χ3n) is 3.02. The zero-order valence-corrected chi connectivity index (χ0v) is 11.9. The number of hydrogen-bond acceptors (Lipinski definition) is 2. The molecule has 1 aliphatic heterocycles. The van der Waals surface area contributed by atoms with E-state index < -0.39 is 0 Å². The summed E-state index contributed by atoms with van der Waals surface area (Å²) < 4.78 is 6.56. The van der Waals surface area contributed by atoms with Crippen LogP contribution in [0.25, 0.3) is 6.08 Å². The summed E-state index contributed by atoms with van der Waals surface area (Å²) in [5.74, 6) is 0.941. The molecule has 3 rings (SSSR count). The van der Waals surface area contributed by atoms with Gasteiger partial charge in [-0.3, -0.25) is 4.79 Å². The van der Waals surface area contributed by atoms with E-state index in [0.29, 0.717) is 17.1 Å². The Balaban J connectivity index is 2.03. The number of benzene rings is 2. The van der Waals surface area contributed by atoms with Crippen LogP contribution in [-0.2, 0) is 0 Å². The van der Waals surface area contributed by atoms with Crippen molar-refractivity contribution in [3.05, 3.63) is 69.4 Å². The molecule has 2 aromatic rings. The van der Waals surface area contributed by atoms with Gasteiger partial charge in [-0.05, 0) is 36.8 Å². The van der Waals surface area contributed by atoms with Crippen LogP contribution in [0, 0.1) is 6.92 Å². The van der Waals surface area contributed by atoms with Gasteiger partial charge in [0.1, 0.15) is 5.75 Å². The quantitative estimate of drug-likeness (QED) is 0.730. The predicted molar refractivity (Wildman–Crippen MR) is 78.3 cm³/mol. The number of carbonyl (C=O) groups is 1. The highest BCUT2D eigenvalue weighted by Crippen LogP contribution is 2.33. The largest absolute Gasteiger partial charge is 0.452 e. The molecule has 0 spiro atoms. The van der Waals surface area contributed by atoms with Crippen LogP contribution in [0.3, 0.4) is 0 Å². The van der Waals surface area contributed by atoms with Gasteiger partial charge in [0.15, 0.2) is 5.76 Å². The summed E-state index contributed by atoms with van der Waals surface area (Å²) in [5, 5.41) is 0. The van der Waals surface area contributed by atoms with Crippen molar-refractivity contribution in [3.63, 3.8) is 0 Å². The number of fused-ring (bicyclic) bond motifs is 1. The van der Waals surface area contributed by atoms with Crippen molar-refractivity contribution in [1.29, 1.82) is 0 Å². The van der Waals surface area contributed by atoms with Gasteiger partial charge >= 0.3 is 0 Å². The van der Waals surface area contributed by atoms with Crippen LogP contribution >= 0.6 is 15.9 Å². The molecule has 0 radical (unpaired) electrons. The van der Waals surface area contributed by atoms with Crippen molar-refractivity contribution >= 4 is 27.8 Å². The first-order valence-electron chi connectivity index (χ1n) is 5.94. The molecule has 0 saturated carbocycles. The number of rotatable bonds is 1. The second-order valence-corrected chi connectivity index (χ2v) is 5.32. The van der Waals surface area contributed by atoms with Crippen molar-refractivity contribution < 1.29 is 9.53 Å². The van der Waals surface area contributed by atoms with Crippen LogP contribution < -0.4 is 4.74 Å². The molecular formula is C16H11BrO2. The van der Waals surface area contributed by atoms with Gasteiger partial charge in [0, 0.05) is 4.47 Å². The molecule has 1 aliphatic rings. The second-order valence-electron chi connectivity index (χ2n) is 4.46. The van der Waals surface area contributed by atoms with Gasteiger partial charge in [-0.2, -0.15) is 0 Å². The summed E-state index contributed by atoms with van der Waals surface area (Å²) in [6.07, 6.45) is 1.77. The maximum Gasteiger partial charge on any atom is 0.231 e. The van der Waals surface area contributed by atoms with Gasteiger partial charge in [0.2, 0.25) is 5.78 Å². The number of Topliss-reactive ketones (excluding diaryl/α,β-unsaturated/α-hetero) is 1. The molecule has 1 heterocycles. The Morgan fingerprint density at radius 2 is 1.95 bits per heavy atom. The maximum absolute atomic E-state index is 12.3. The normalized spacial score (nSPS) is 15.5. The molecule has 0 atom stereocenters. The SMILES string of the molecule is Cc1ccc2c(c1)C(=O)/C(=C/c1ccccc1Br)O2. The molecule has 0 bridgehead atoms. The minimum atomic E-state index is -0.0607. The molecular weight excluding hydrogens is 304 g/mol. The van der Waals surface area contributed by atoms with E-state index in [9.17, 15) is 4.79 Å². The second kappa shape index (κ2) is 4.67. The van der Waals surface area contributed by atoms with E-state index in [-0.39, 0.29) is 5.78 Å². The lowest BCUT2D eigenvalue weighted by molar-refractivity contribution is 0.101. The van der Waals surface area contributed by atoms with E-state index in [4.69, 9.17) is 4.74 Å². The fraction of sp³-hybridized carbons (Fsp3) is 0.0625. The molecule has 2 nitrogen and oxygen atoms in total. The molecule has 0 unspecified atom stereocenters. The number of hydrogen-bond donors (Lipinski definition) is 0. The Morgan fingerprint density at radius 1 is 1.16 bits per heavy atom. The van der Waals surface area contributed by atoms with Crippen LogP contribution in [0.2, 0.25) is 0 Å². The van der Waals surface area contributed by atoms with Crippen molar-refractivity contribution in [3.8, 4) is 5.75 Å². The summed E-state index contributed by atoms with van der Waals surface area (Å²) in [7, 11) is 0. The number of halogens is 1. The van der Waals surface area contributed by atoms with Crippen molar-refractivity contribution in [1.82, 2.24) is 0 Å². The smallest absolute Gasteiger partial charge is 0.231 e. The van der Waals surface area contributed by atoms with E-state index in [1.54, 1.807) is 6.08 Å². The first-order valence-corrected chi connectivity index (χ1v) is 6.74. The number of ether oxygens (including phenoxy) is 1. The van der Waals surface area contributed by atoms with Gasteiger partial charge in [0.05, 0.1) is 5.56 Å². The van der Waals surface area contributed by atoms with Crippen molar-refractivity contribution in [2.24, 2.45) is 0 Å². The van der Waals surface area contributed by atoms with E-state index >= 15 is 0 Å². The lowest BCUT2D eigenvalue weighted by Gasteiger charge is -2.00. The zero-order valence-electron chi connectivity index (χ0n) is 10.3. The third-order valence-corrected chi connectivity index (χ3v) is 3.74. The molecule has 94 valence electrons. The number of allylic oxidation sites excluding steroid dienone is 1. The topological polar surface area (TPSA) is 26.3 Å². The molecule has 0 fully saturated rings. The van der Waals surface area contributed by atoms with E-state index in [0.717, 1.165) is 15.6 Å². The van der Waals surface area contributed by atoms with Gasteiger partial charge < -0.3 is 4.74 Å². The van der Waals surface area contributed by atoms with Crippen LogP contribution in [0.4, 0.5) is 0 Å². The van der Waals surface area contributed by atoms with Crippen LogP contribution in [-0.4, -0.2) is 5.78 Å². The standard InChI is InChI=1S/C16H11BrO2/c1-10-6-7-14-12(8-10)16(18)15(19-14)9-11-4-2-3-5-13(11)17/h2-9H,1H3/b15-9-. The minimum absolute atomic E-state index is 0.0607. The van der Waals surface area contributed by atoms with Crippen LogP contribution in [0.15, 0.2) is 52.7 Å². The lowest BCUT2D eigenvalue weighted by Crippen LogP contribution is -1.98. The number of ketones is 1. The Morgan fingerprint density at radius 3 is 2.74 bits per heavy atom. The molecule has 0 aliphatic carbocycles. The Bertz CT molecular complexity index is 702. The Hall–Kier alpha value is -1.87. The van der Waals surface area contributed by atoms with E-state index in [2.05, 4.69) is 15.9 Å². The molecule has 3 heteroatoms. The Kier molecular flexibility index (Phi) is 2.99. The van der Waals surface area contributed by atoms with Crippen molar-refractivity contribution in [2.75, 3.05) is 0 Å². The van der Waals surface area contributed by atoms with Gasteiger partial charge in [0.25, 0.3) is 0 Å². The maximum atomic E-state index is 12.3. The molecule has 0 amide bonds. The Labute approximate surface area is 119 Å². The first kappa shape index (κ1) is 12.2. The van der Waals surface area contributed by atoms with Gasteiger partial charge in [-0.1, -0.05) is 45.8 Å². The highest BCUT2D eigenvalue weighted by atomic mass is 79.9. The fourth-order valence-electron chi connectivity index (χ4n) is 2.04. The monoisotopic (exact) mass is 314 g/mol. The average Bonchev–Trinajstić information content (AvgIpc) is 2.70. The zero-order chi connectivity index (χ0) is 13.4. The third kappa shape index (κ3) is 2.22. The summed E-state index contributed by atoms with van der Waals surface area (Å²) in [5.41, 5.74) is 2.62. The highest BCUT2D eigenvalue weighted by molar-refractivity contribution is 9.10. The molecule has 2 aromatic carbocycles. The molecule has 19 heavy (non-hydrogen) atoms. The molecule has 0 N–H and O–H groups in total. The number of aryl methyl sites for hydroxylation is 1. The van der Waals surface area contributed by atoms with Gasteiger partial charge in [-0.25, -0.2) is 0 Å². The van der Waals surface area contributed by atoms with Crippen LogP contribution in [0.1, 0.15) is 21.5 Å². The summed E-state index contributed by atoms with van der Waals surface area (Å²) >= 11 is 3.46. The summed E-state index contributed by atoms with van der Waals surface area (Å²) in [6, 6.07) is 13.4. The lowest BCUT2D eigenvalue weighted by atomic mass is 10.1. The minimum Gasteiger partial charge on any atom is -0.452 e. The predicted octanol–water partition coefficient (Wildman–Crippen LogP) is 4.37. The summed E-state index contributed by atoms with van der Waals surface area (Å²) in [4.78, 5) is 12.3. The van der Waals surface area contributed by atoms with E-state index in [1.165, 1.54) is 0 Å². The average molecular weight is 315 g/mol. The van der Waals surface area contributed by atoms with Gasteiger partial charge in [-0.15, -0.1) is 0 Å². The summed E-state index contributed by atoms with van der Waals surface area (Å²) in [6.45, 7) is 1.96.